The molecule has 1 aromatic rings. The average molecular weight is 419 g/mol. The number of amides is 1. The summed E-state index contributed by atoms with van der Waals surface area (Å²) in [7, 11) is 0. The van der Waals surface area contributed by atoms with E-state index in [4.69, 9.17) is 10.8 Å². The molecule has 5 nitrogen and oxygen atoms in total. The molecule has 1 atom stereocenters. The number of aryl methyl sites for hydroxylation is 2. The van der Waals surface area contributed by atoms with Gasteiger partial charge in [0.15, 0.2) is 0 Å². The molecule has 1 fully saturated rings. The van der Waals surface area contributed by atoms with Crippen LogP contribution in [0.5, 0.6) is 0 Å². The van der Waals surface area contributed by atoms with Gasteiger partial charge in [0, 0.05) is 18.7 Å². The largest absolute Gasteiger partial charge is 0.480 e. The van der Waals surface area contributed by atoms with Crippen molar-refractivity contribution in [3.8, 4) is 0 Å². The van der Waals surface area contributed by atoms with E-state index in [0.717, 1.165) is 24.9 Å². The highest BCUT2D eigenvalue weighted by Crippen LogP contribution is 2.19. The maximum atomic E-state index is 12.0. The molecule has 5 heteroatoms. The summed E-state index contributed by atoms with van der Waals surface area (Å²) >= 11 is 0. The lowest BCUT2D eigenvalue weighted by Gasteiger charge is -2.21. The van der Waals surface area contributed by atoms with Crippen molar-refractivity contribution in [2.24, 2.45) is 0 Å². The van der Waals surface area contributed by atoms with Gasteiger partial charge in [-0.25, -0.2) is 4.79 Å². The molecule has 2 rings (SSSR count). The minimum Gasteiger partial charge on any atom is -0.480 e. The molecule has 0 spiro atoms. The molecule has 1 aromatic carbocycles. The van der Waals surface area contributed by atoms with Crippen LogP contribution in [0.4, 0.5) is 5.69 Å². The van der Waals surface area contributed by atoms with Gasteiger partial charge in [0.25, 0.3) is 0 Å². The molecule has 30 heavy (non-hydrogen) atoms. The molecule has 0 aromatic heterocycles. The van der Waals surface area contributed by atoms with Gasteiger partial charge in [-0.15, -0.1) is 0 Å². The lowest BCUT2D eigenvalue weighted by Crippen LogP contribution is -2.40. The number of unbranched alkanes of at least 4 members (excludes halogenated alkanes) is 8. The zero-order chi connectivity index (χ0) is 22.4. The Morgan fingerprint density at radius 1 is 0.967 bits per heavy atom. The number of carboxylic acid groups (broad SMARTS) is 1. The third-order valence-corrected chi connectivity index (χ3v) is 5.60. The third kappa shape index (κ3) is 10.7. The molecule has 1 saturated heterocycles. The number of benzene rings is 1. The van der Waals surface area contributed by atoms with E-state index >= 15 is 0 Å². The summed E-state index contributed by atoms with van der Waals surface area (Å²) in [6.45, 7) is 6.94. The summed E-state index contributed by atoms with van der Waals surface area (Å²) in [4.78, 5) is 24.6. The van der Waals surface area contributed by atoms with Crippen molar-refractivity contribution >= 4 is 17.6 Å². The summed E-state index contributed by atoms with van der Waals surface area (Å²) in [5.41, 5.74) is 8.87. The van der Waals surface area contributed by atoms with Gasteiger partial charge in [0.2, 0.25) is 5.91 Å². The summed E-state index contributed by atoms with van der Waals surface area (Å²) in [5.74, 6) is -0.823. The number of carboxylic acids is 1. The molecule has 170 valence electrons. The number of rotatable bonds is 11. The van der Waals surface area contributed by atoms with Crippen molar-refractivity contribution in [2.75, 3.05) is 12.3 Å². The number of carbonyl (C=O) groups is 2. The number of nitrogen functional groups attached to an aromatic ring is 1. The number of nitrogens with two attached hydrogens (primary N) is 1. The van der Waals surface area contributed by atoms with Crippen LogP contribution in [0.1, 0.15) is 95.1 Å². The Morgan fingerprint density at radius 2 is 1.50 bits per heavy atom. The summed E-state index contributed by atoms with van der Waals surface area (Å²) in [6.07, 6.45) is 13.0. The van der Waals surface area contributed by atoms with Gasteiger partial charge in [-0.2, -0.15) is 0 Å². The average Bonchev–Trinajstić information content (AvgIpc) is 3.16. The van der Waals surface area contributed by atoms with E-state index in [1.54, 1.807) is 4.90 Å². The lowest BCUT2D eigenvalue weighted by molar-refractivity contribution is -0.148. The highest BCUT2D eigenvalue weighted by molar-refractivity contribution is 5.84. The molecule has 1 heterocycles. The van der Waals surface area contributed by atoms with Gasteiger partial charge in [0.1, 0.15) is 6.04 Å². The quantitative estimate of drug-likeness (QED) is 0.348. The first-order valence-corrected chi connectivity index (χ1v) is 11.7. The first-order valence-electron chi connectivity index (χ1n) is 11.7. The topological polar surface area (TPSA) is 83.6 Å². The van der Waals surface area contributed by atoms with E-state index in [9.17, 15) is 9.59 Å². The SMILES string of the molecule is CCCCCCCCCCCC(=O)N1CCC[C@H]1C(=O)O.Cc1cc(C)cc(N)c1. The maximum Gasteiger partial charge on any atom is 0.326 e. The Labute approximate surface area is 183 Å². The maximum absolute atomic E-state index is 12.0. The van der Waals surface area contributed by atoms with Gasteiger partial charge >= 0.3 is 5.97 Å². The van der Waals surface area contributed by atoms with E-state index in [-0.39, 0.29) is 5.91 Å². The summed E-state index contributed by atoms with van der Waals surface area (Å²) in [6, 6.07) is 5.46. The molecule has 0 saturated carbocycles. The number of hydrogen-bond acceptors (Lipinski definition) is 3. The molecular formula is C25H42N2O3. The minimum absolute atomic E-state index is 0.0304. The van der Waals surface area contributed by atoms with Crippen molar-refractivity contribution in [3.05, 3.63) is 29.3 Å². The van der Waals surface area contributed by atoms with Gasteiger partial charge in [-0.05, 0) is 56.4 Å². The lowest BCUT2D eigenvalue weighted by atomic mass is 10.1. The second-order valence-corrected chi connectivity index (χ2v) is 8.58. The first kappa shape index (κ1) is 26.0. The molecule has 0 radical (unpaired) electrons. The third-order valence-electron chi connectivity index (χ3n) is 5.60. The molecule has 0 bridgehead atoms. The molecule has 1 aliphatic rings. The minimum atomic E-state index is -0.854. The Kier molecular flexibility index (Phi) is 12.9. The summed E-state index contributed by atoms with van der Waals surface area (Å²) in [5, 5.41) is 9.07. The van der Waals surface area contributed by atoms with Crippen molar-refractivity contribution in [2.45, 2.75) is 104 Å². The predicted molar refractivity (Wildman–Crippen MR) is 125 cm³/mol. The van der Waals surface area contributed by atoms with Gasteiger partial charge < -0.3 is 15.7 Å². The predicted octanol–water partition coefficient (Wildman–Crippen LogP) is 5.87. The fraction of sp³-hybridized carbons (Fsp3) is 0.680. The molecule has 1 amide bonds. The number of anilines is 1. The number of aliphatic carboxylic acids is 1. The Balaban J connectivity index is 0.000000414. The van der Waals surface area contributed by atoms with Crippen LogP contribution in [0.25, 0.3) is 0 Å². The van der Waals surface area contributed by atoms with E-state index in [1.807, 2.05) is 26.0 Å². The second kappa shape index (κ2) is 14.9. The van der Waals surface area contributed by atoms with Crippen LogP contribution in [0.2, 0.25) is 0 Å². The van der Waals surface area contributed by atoms with Crippen molar-refractivity contribution in [1.29, 1.82) is 0 Å². The number of carbonyl (C=O) groups excluding carboxylic acids is 1. The Hall–Kier alpha value is -2.04. The zero-order valence-corrected chi connectivity index (χ0v) is 19.3. The second-order valence-electron chi connectivity index (χ2n) is 8.58. The van der Waals surface area contributed by atoms with Gasteiger partial charge in [-0.3, -0.25) is 4.79 Å². The normalized spacial score (nSPS) is 15.6. The molecule has 0 unspecified atom stereocenters. The van der Waals surface area contributed by atoms with Crippen LogP contribution < -0.4 is 5.73 Å². The standard InChI is InChI=1S/C17H31NO3.C8H11N/c1-2-3-4-5-6-7-8-9-10-13-16(19)18-14-11-12-15(18)17(20)21;1-6-3-7(2)5-8(9)4-6/h15H,2-14H2,1H3,(H,20,21);3-5H,9H2,1-2H3/t15-;/m0./s1. The van der Waals surface area contributed by atoms with E-state index in [2.05, 4.69) is 13.0 Å². The van der Waals surface area contributed by atoms with Crippen LogP contribution in [-0.4, -0.2) is 34.5 Å². The highest BCUT2D eigenvalue weighted by atomic mass is 16.4. The molecule has 0 aliphatic carbocycles. The van der Waals surface area contributed by atoms with Crippen LogP contribution >= 0.6 is 0 Å². The van der Waals surface area contributed by atoms with Gasteiger partial charge in [-0.1, -0.05) is 64.4 Å². The number of hydrogen-bond donors (Lipinski definition) is 2. The zero-order valence-electron chi connectivity index (χ0n) is 19.3. The summed E-state index contributed by atoms with van der Waals surface area (Å²) < 4.78 is 0. The van der Waals surface area contributed by atoms with Crippen LogP contribution in [0, 0.1) is 13.8 Å². The smallest absolute Gasteiger partial charge is 0.326 e. The van der Waals surface area contributed by atoms with Crippen LogP contribution in [-0.2, 0) is 9.59 Å². The van der Waals surface area contributed by atoms with Crippen molar-refractivity contribution < 1.29 is 14.7 Å². The monoisotopic (exact) mass is 418 g/mol. The molecular weight excluding hydrogens is 376 g/mol. The highest BCUT2D eigenvalue weighted by Gasteiger charge is 2.33. The molecule has 1 aliphatic heterocycles. The first-order chi connectivity index (χ1) is 14.3. The van der Waals surface area contributed by atoms with E-state index in [1.165, 1.54) is 56.1 Å². The molecule has 3 N–H and O–H groups in total. The fourth-order valence-corrected chi connectivity index (χ4v) is 4.06. The Bertz CT molecular complexity index is 595. The fourth-order valence-electron chi connectivity index (χ4n) is 4.06. The van der Waals surface area contributed by atoms with Crippen molar-refractivity contribution in [1.82, 2.24) is 4.90 Å². The number of nitrogens with zero attached hydrogens (tertiary/aromatic N) is 1. The number of likely N-dealkylation sites (tertiary alicyclic amines) is 1. The van der Waals surface area contributed by atoms with E-state index < -0.39 is 12.0 Å². The van der Waals surface area contributed by atoms with Crippen LogP contribution in [0.15, 0.2) is 18.2 Å². The van der Waals surface area contributed by atoms with Crippen LogP contribution in [0.3, 0.4) is 0 Å². The van der Waals surface area contributed by atoms with Crippen molar-refractivity contribution in [3.63, 3.8) is 0 Å². The van der Waals surface area contributed by atoms with Gasteiger partial charge in [0.05, 0.1) is 0 Å². The van der Waals surface area contributed by atoms with E-state index in [0.29, 0.717) is 19.4 Å². The Morgan fingerprint density at radius 3 is 2.00 bits per heavy atom.